The fourth-order valence-electron chi connectivity index (χ4n) is 4.06. The van der Waals surface area contributed by atoms with Crippen molar-refractivity contribution in [3.05, 3.63) is 65.2 Å². The van der Waals surface area contributed by atoms with Crippen LogP contribution >= 0.6 is 11.8 Å². The van der Waals surface area contributed by atoms with E-state index in [1.807, 2.05) is 13.2 Å². The first kappa shape index (κ1) is 25.7. The molecule has 0 spiro atoms. The average molecular weight is 490 g/mol. The Hall–Kier alpha value is -1.87. The Morgan fingerprint density at radius 3 is 2.42 bits per heavy atom. The summed E-state index contributed by atoms with van der Waals surface area (Å²) in [5, 5.41) is 3.10. The Balaban J connectivity index is 1.56. The summed E-state index contributed by atoms with van der Waals surface area (Å²) < 4.78 is 28.3. The Morgan fingerprint density at radius 2 is 1.79 bits per heavy atom. The standard InChI is InChI=1S/C25H35N3O3S2/c1-19-7-9-23(10-8-19)33(30,31)27-24(13-16-32-3)25(29)26-22-11-14-28(15-12-22)18-21-6-4-5-20(2)17-21/h4-10,17,22,24,27H,11-16,18H2,1-3H3,(H,26,29). The molecule has 1 unspecified atom stereocenters. The van der Waals surface area contributed by atoms with Crippen molar-refractivity contribution in [3.63, 3.8) is 0 Å². The number of nitrogens with one attached hydrogen (secondary N) is 2. The van der Waals surface area contributed by atoms with Crippen molar-refractivity contribution in [2.75, 3.05) is 25.1 Å². The molecule has 1 atom stereocenters. The SMILES string of the molecule is CSCCC(NS(=O)(=O)c1ccc(C)cc1)C(=O)NC1CCN(Cc2cccc(C)c2)CC1. The van der Waals surface area contributed by atoms with Gasteiger partial charge in [-0.15, -0.1) is 0 Å². The number of rotatable bonds is 10. The molecule has 0 bridgehead atoms. The van der Waals surface area contributed by atoms with Gasteiger partial charge in [0.05, 0.1) is 4.90 Å². The number of carbonyl (C=O) groups is 1. The number of thioether (sulfide) groups is 1. The lowest BCUT2D eigenvalue weighted by atomic mass is 10.0. The summed E-state index contributed by atoms with van der Waals surface area (Å²) in [6.07, 6.45) is 4.12. The first-order valence-electron chi connectivity index (χ1n) is 11.4. The van der Waals surface area contributed by atoms with Crippen molar-refractivity contribution >= 4 is 27.7 Å². The van der Waals surface area contributed by atoms with E-state index in [0.29, 0.717) is 12.2 Å². The second kappa shape index (κ2) is 12.0. The molecule has 2 N–H and O–H groups in total. The van der Waals surface area contributed by atoms with Crippen LogP contribution in [0.5, 0.6) is 0 Å². The van der Waals surface area contributed by atoms with Crippen molar-refractivity contribution < 1.29 is 13.2 Å². The number of likely N-dealkylation sites (tertiary alicyclic amines) is 1. The van der Waals surface area contributed by atoms with Crippen LogP contribution in [0.1, 0.15) is 36.0 Å². The van der Waals surface area contributed by atoms with Crippen molar-refractivity contribution in [2.24, 2.45) is 0 Å². The maximum atomic E-state index is 13.0. The van der Waals surface area contributed by atoms with E-state index < -0.39 is 16.1 Å². The highest BCUT2D eigenvalue weighted by atomic mass is 32.2. The van der Waals surface area contributed by atoms with Crippen LogP contribution in [0.4, 0.5) is 0 Å². The second-order valence-corrected chi connectivity index (χ2v) is 11.5. The van der Waals surface area contributed by atoms with Gasteiger partial charge in [0.1, 0.15) is 6.04 Å². The monoisotopic (exact) mass is 489 g/mol. The van der Waals surface area contributed by atoms with Crippen LogP contribution in [-0.2, 0) is 21.4 Å². The van der Waals surface area contributed by atoms with Crippen LogP contribution < -0.4 is 10.0 Å². The first-order valence-corrected chi connectivity index (χ1v) is 14.3. The van der Waals surface area contributed by atoms with Gasteiger partial charge in [-0.1, -0.05) is 47.5 Å². The third-order valence-corrected chi connectivity index (χ3v) is 8.11. The molecule has 2 aromatic carbocycles. The second-order valence-electron chi connectivity index (χ2n) is 8.82. The minimum absolute atomic E-state index is 0.0620. The number of piperidine rings is 1. The summed E-state index contributed by atoms with van der Waals surface area (Å²) >= 11 is 1.60. The van der Waals surface area contributed by atoms with Crippen molar-refractivity contribution in [1.29, 1.82) is 0 Å². The quantitative estimate of drug-likeness (QED) is 0.534. The summed E-state index contributed by atoms with van der Waals surface area (Å²) in [5.41, 5.74) is 3.55. The van der Waals surface area contributed by atoms with Crippen molar-refractivity contribution in [2.45, 2.75) is 56.6 Å². The van der Waals surface area contributed by atoms with E-state index in [9.17, 15) is 13.2 Å². The summed E-state index contributed by atoms with van der Waals surface area (Å²) in [4.78, 5) is 15.6. The minimum atomic E-state index is -3.77. The molecule has 3 rings (SSSR count). The van der Waals surface area contributed by atoms with Gasteiger partial charge < -0.3 is 5.32 Å². The smallest absolute Gasteiger partial charge is 0.241 e. The molecule has 1 aliphatic rings. The van der Waals surface area contributed by atoms with Gasteiger partial charge in [-0.05, 0) is 62.8 Å². The minimum Gasteiger partial charge on any atom is -0.352 e. The molecule has 1 aliphatic heterocycles. The highest BCUT2D eigenvalue weighted by Crippen LogP contribution is 2.16. The molecule has 1 amide bonds. The topological polar surface area (TPSA) is 78.5 Å². The number of hydrogen-bond donors (Lipinski definition) is 2. The normalized spacial score (nSPS) is 16.5. The molecule has 1 fully saturated rings. The molecule has 33 heavy (non-hydrogen) atoms. The van der Waals surface area contributed by atoms with Gasteiger partial charge in [-0.25, -0.2) is 8.42 Å². The van der Waals surface area contributed by atoms with E-state index in [1.165, 1.54) is 11.1 Å². The van der Waals surface area contributed by atoms with Gasteiger partial charge in [-0.3, -0.25) is 9.69 Å². The van der Waals surface area contributed by atoms with E-state index in [0.717, 1.165) is 38.0 Å². The molecule has 6 nitrogen and oxygen atoms in total. The van der Waals surface area contributed by atoms with Gasteiger partial charge in [0.2, 0.25) is 15.9 Å². The zero-order valence-electron chi connectivity index (χ0n) is 19.7. The third kappa shape index (κ3) is 7.84. The number of carbonyl (C=O) groups excluding carboxylic acids is 1. The van der Waals surface area contributed by atoms with Gasteiger partial charge in [0.15, 0.2) is 0 Å². The first-order chi connectivity index (χ1) is 15.8. The molecule has 0 aromatic heterocycles. The Morgan fingerprint density at radius 1 is 1.09 bits per heavy atom. The van der Waals surface area contributed by atoms with E-state index in [1.54, 1.807) is 36.0 Å². The maximum absolute atomic E-state index is 13.0. The predicted octanol–water partition coefficient (Wildman–Crippen LogP) is 3.48. The number of hydrogen-bond acceptors (Lipinski definition) is 5. The van der Waals surface area contributed by atoms with Crippen LogP contribution in [0.2, 0.25) is 0 Å². The molecule has 0 saturated carbocycles. The van der Waals surface area contributed by atoms with Crippen LogP contribution in [-0.4, -0.2) is 56.4 Å². The average Bonchev–Trinajstić information content (AvgIpc) is 2.78. The highest BCUT2D eigenvalue weighted by Gasteiger charge is 2.28. The highest BCUT2D eigenvalue weighted by molar-refractivity contribution is 7.98. The van der Waals surface area contributed by atoms with Gasteiger partial charge >= 0.3 is 0 Å². The van der Waals surface area contributed by atoms with E-state index in [-0.39, 0.29) is 16.8 Å². The third-order valence-electron chi connectivity index (χ3n) is 5.98. The molecule has 180 valence electrons. The zero-order chi connectivity index (χ0) is 23.8. The zero-order valence-corrected chi connectivity index (χ0v) is 21.3. The summed E-state index contributed by atoms with van der Waals surface area (Å²) in [6, 6.07) is 14.5. The van der Waals surface area contributed by atoms with Gasteiger partial charge in [-0.2, -0.15) is 16.5 Å². The Labute approximate surface area is 202 Å². The van der Waals surface area contributed by atoms with Crippen molar-refractivity contribution in [1.82, 2.24) is 14.9 Å². The number of benzene rings is 2. The van der Waals surface area contributed by atoms with E-state index in [4.69, 9.17) is 0 Å². The molecular weight excluding hydrogens is 454 g/mol. The van der Waals surface area contributed by atoms with Crippen molar-refractivity contribution in [3.8, 4) is 0 Å². The summed E-state index contributed by atoms with van der Waals surface area (Å²) in [7, 11) is -3.77. The number of sulfonamides is 1. The molecule has 1 heterocycles. The maximum Gasteiger partial charge on any atom is 0.241 e. The number of nitrogens with zero attached hydrogens (tertiary/aromatic N) is 1. The molecule has 1 saturated heterocycles. The largest absolute Gasteiger partial charge is 0.352 e. The lowest BCUT2D eigenvalue weighted by molar-refractivity contribution is -0.123. The fourth-order valence-corrected chi connectivity index (χ4v) is 5.76. The summed E-state index contributed by atoms with van der Waals surface area (Å²) in [6.45, 7) is 6.73. The Bertz CT molecular complexity index is 1020. The van der Waals surface area contributed by atoms with Crippen LogP contribution in [0.3, 0.4) is 0 Å². The number of aryl methyl sites for hydroxylation is 2. The van der Waals surface area contributed by atoms with Gasteiger partial charge in [0.25, 0.3) is 0 Å². The molecular formula is C25H35N3O3S2. The molecule has 2 aromatic rings. The fraction of sp³-hybridized carbons (Fsp3) is 0.480. The Kier molecular flexibility index (Phi) is 9.37. The molecule has 8 heteroatoms. The van der Waals surface area contributed by atoms with Crippen LogP contribution in [0.15, 0.2) is 53.4 Å². The van der Waals surface area contributed by atoms with Gasteiger partial charge in [0, 0.05) is 25.7 Å². The molecule has 0 radical (unpaired) electrons. The predicted molar refractivity (Wildman–Crippen MR) is 136 cm³/mol. The lowest BCUT2D eigenvalue weighted by Gasteiger charge is -2.33. The van der Waals surface area contributed by atoms with Crippen LogP contribution in [0, 0.1) is 13.8 Å². The van der Waals surface area contributed by atoms with Crippen LogP contribution in [0.25, 0.3) is 0 Å². The molecule has 0 aliphatic carbocycles. The van der Waals surface area contributed by atoms with E-state index in [2.05, 4.69) is 46.1 Å². The number of amides is 1. The lowest BCUT2D eigenvalue weighted by Crippen LogP contribution is -2.52. The summed E-state index contributed by atoms with van der Waals surface area (Å²) in [5.74, 6) is 0.459. The van der Waals surface area contributed by atoms with E-state index >= 15 is 0 Å².